The van der Waals surface area contributed by atoms with Gasteiger partial charge in [0.25, 0.3) is 0 Å². The molecule has 0 saturated carbocycles. The molecule has 13 heavy (non-hydrogen) atoms. The van der Waals surface area contributed by atoms with E-state index < -0.39 is 0 Å². The molecule has 0 aliphatic heterocycles. The fourth-order valence-electron chi connectivity index (χ4n) is 0.869. The van der Waals surface area contributed by atoms with Gasteiger partial charge in [0.2, 0.25) is 0 Å². The molecule has 76 valence electrons. The summed E-state index contributed by atoms with van der Waals surface area (Å²) in [7, 11) is 0. The topological polar surface area (TPSA) is 26.3 Å². The fourth-order valence-corrected chi connectivity index (χ4v) is 0.869. The Morgan fingerprint density at radius 1 is 1.46 bits per heavy atom. The van der Waals surface area contributed by atoms with Crippen LogP contribution in [0.2, 0.25) is 0 Å². The molecule has 0 bridgehead atoms. The summed E-state index contributed by atoms with van der Waals surface area (Å²) in [6.45, 7) is 7.72. The molecule has 0 saturated heterocycles. The zero-order chi connectivity index (χ0) is 10.3. The molecule has 0 aromatic rings. The van der Waals surface area contributed by atoms with Gasteiger partial charge in [-0.05, 0) is 27.2 Å². The molecular formula is C11H20O2. The monoisotopic (exact) mass is 184 g/mol. The molecule has 0 aromatic heterocycles. The Kier molecular flexibility index (Phi) is 5.60. The number of hydrogen-bond acceptors (Lipinski definition) is 2. The molecule has 0 aliphatic carbocycles. The van der Waals surface area contributed by atoms with Crippen LogP contribution in [-0.4, -0.2) is 11.6 Å². The van der Waals surface area contributed by atoms with E-state index in [0.717, 1.165) is 12.8 Å². The summed E-state index contributed by atoms with van der Waals surface area (Å²) in [5.74, 6) is -0.142. The highest BCUT2D eigenvalue weighted by atomic mass is 16.6. The summed E-state index contributed by atoms with van der Waals surface area (Å²) in [4.78, 5) is 11.2. The minimum absolute atomic E-state index is 0.142. The van der Waals surface area contributed by atoms with Crippen LogP contribution in [0.3, 0.4) is 0 Å². The molecule has 0 radical (unpaired) electrons. The zero-order valence-electron chi connectivity index (χ0n) is 9.09. The van der Waals surface area contributed by atoms with Crippen LogP contribution in [0.5, 0.6) is 0 Å². The number of carbonyl (C=O) groups excluding carboxylic acids is 1. The summed E-state index contributed by atoms with van der Waals surface area (Å²) in [6.07, 6.45) is 6.41. The molecule has 2 nitrogen and oxygen atoms in total. The lowest BCUT2D eigenvalue weighted by molar-refractivity contribution is -0.154. The Bertz CT molecular complexity index is 145. The van der Waals surface area contributed by atoms with Gasteiger partial charge in [-0.1, -0.05) is 6.92 Å². The molecule has 0 spiro atoms. The smallest absolute Gasteiger partial charge is 0.351 e. The first-order chi connectivity index (χ1) is 5.95. The van der Waals surface area contributed by atoms with Gasteiger partial charge in [0.05, 0.1) is 6.42 Å². The first-order valence-corrected chi connectivity index (χ1v) is 4.81. The van der Waals surface area contributed by atoms with Gasteiger partial charge in [-0.3, -0.25) is 6.42 Å². The average Bonchev–Trinajstić information content (AvgIpc) is 1.94. The van der Waals surface area contributed by atoms with Gasteiger partial charge in [0.15, 0.2) is 6.42 Å². The maximum Gasteiger partial charge on any atom is 0.351 e. The van der Waals surface area contributed by atoms with Crippen LogP contribution in [0.4, 0.5) is 0 Å². The molecule has 0 N–H and O–H groups in total. The second-order valence-corrected chi connectivity index (χ2v) is 4.01. The molecule has 0 fully saturated rings. The van der Waals surface area contributed by atoms with E-state index in [1.165, 1.54) is 0 Å². The van der Waals surface area contributed by atoms with E-state index in [1.807, 2.05) is 27.2 Å². The van der Waals surface area contributed by atoms with E-state index >= 15 is 0 Å². The number of carbonyl (C=O) groups is 1. The summed E-state index contributed by atoms with van der Waals surface area (Å²) >= 11 is 0. The summed E-state index contributed by atoms with van der Waals surface area (Å²) in [6, 6.07) is 0. The van der Waals surface area contributed by atoms with Gasteiger partial charge in [0.1, 0.15) is 5.60 Å². The minimum atomic E-state index is -0.362. The first-order valence-electron chi connectivity index (χ1n) is 4.81. The fraction of sp³-hybridized carbons (Fsp3) is 0.727. The van der Waals surface area contributed by atoms with Gasteiger partial charge < -0.3 is 4.74 Å². The number of hydrogen-bond donors (Lipinski definition) is 0. The molecule has 0 unspecified atom stereocenters. The lowest BCUT2D eigenvalue weighted by atomic mass is 10.1. The predicted octanol–water partition coefficient (Wildman–Crippen LogP) is 2.93. The van der Waals surface area contributed by atoms with Gasteiger partial charge >= 0.3 is 5.97 Å². The van der Waals surface area contributed by atoms with Crippen molar-refractivity contribution in [2.75, 3.05) is 0 Å². The van der Waals surface area contributed by atoms with Gasteiger partial charge in [-0.25, -0.2) is 4.79 Å². The van der Waals surface area contributed by atoms with Crippen LogP contribution in [0.15, 0.2) is 0 Å². The average molecular weight is 184 g/mol. The lowest BCUT2D eigenvalue weighted by Crippen LogP contribution is -2.23. The minimum Gasteiger partial charge on any atom is -0.457 e. The highest BCUT2D eigenvalue weighted by Crippen LogP contribution is 2.10. The van der Waals surface area contributed by atoms with Crippen LogP contribution in [0, 0.1) is 12.8 Å². The van der Waals surface area contributed by atoms with Crippen molar-refractivity contribution in [2.45, 2.75) is 52.6 Å². The number of unbranched alkanes of at least 4 members (excludes halogenated alkanes) is 3. The predicted molar refractivity (Wildman–Crippen MR) is 54.0 cm³/mol. The normalized spacial score (nSPS) is 11.1. The number of esters is 1. The zero-order valence-corrected chi connectivity index (χ0v) is 9.09. The number of ether oxygens (including phenoxy) is 1. The third kappa shape index (κ3) is 9.25. The highest BCUT2D eigenvalue weighted by Gasteiger charge is 2.17. The largest absolute Gasteiger partial charge is 0.457 e. The first kappa shape index (κ1) is 12.3. The Balaban J connectivity index is 3.41. The molecule has 0 atom stereocenters. The van der Waals surface area contributed by atoms with Gasteiger partial charge in [-0.15, -0.1) is 0 Å². The van der Waals surface area contributed by atoms with E-state index in [4.69, 9.17) is 4.74 Å². The van der Waals surface area contributed by atoms with Crippen molar-refractivity contribution in [1.29, 1.82) is 0 Å². The highest BCUT2D eigenvalue weighted by molar-refractivity contribution is 5.71. The Labute approximate surface area is 81.7 Å². The molecule has 0 amide bonds. The third-order valence-electron chi connectivity index (χ3n) is 1.35. The van der Waals surface area contributed by atoms with Gasteiger partial charge in [0, 0.05) is 0 Å². The maximum absolute atomic E-state index is 11.2. The van der Waals surface area contributed by atoms with Crippen LogP contribution in [-0.2, 0) is 9.53 Å². The van der Waals surface area contributed by atoms with E-state index in [2.05, 4.69) is 13.3 Å². The molecule has 0 aromatic carbocycles. The molecule has 0 heterocycles. The van der Waals surface area contributed by atoms with Crippen molar-refractivity contribution in [3.05, 3.63) is 12.8 Å². The van der Waals surface area contributed by atoms with Crippen molar-refractivity contribution in [1.82, 2.24) is 0 Å². The van der Waals surface area contributed by atoms with Crippen molar-refractivity contribution < 1.29 is 9.53 Å². The maximum atomic E-state index is 11.2. The van der Waals surface area contributed by atoms with Crippen molar-refractivity contribution >= 4 is 5.97 Å². The second kappa shape index (κ2) is 5.90. The Morgan fingerprint density at radius 2 is 2.08 bits per heavy atom. The summed E-state index contributed by atoms with van der Waals surface area (Å²) in [5, 5.41) is 0. The summed E-state index contributed by atoms with van der Waals surface area (Å²) in [5.41, 5.74) is -0.362. The standard InChI is InChI=1S/C11H20O2/c1-5-6-7-8-9-10(12)13-11(2,3)4/h6,8H,5,7,9H2,1-4H3. The van der Waals surface area contributed by atoms with Crippen LogP contribution < -0.4 is 0 Å². The van der Waals surface area contributed by atoms with E-state index in [1.54, 1.807) is 0 Å². The van der Waals surface area contributed by atoms with Gasteiger partial charge in [-0.2, -0.15) is 6.42 Å². The van der Waals surface area contributed by atoms with Crippen LogP contribution >= 0.6 is 0 Å². The third-order valence-corrected chi connectivity index (χ3v) is 1.35. The molecule has 2 heteroatoms. The van der Waals surface area contributed by atoms with Crippen molar-refractivity contribution in [3.63, 3.8) is 0 Å². The van der Waals surface area contributed by atoms with Crippen LogP contribution in [0.25, 0.3) is 0 Å². The second-order valence-electron chi connectivity index (χ2n) is 4.01. The Hall–Kier alpha value is -0.660. The van der Waals surface area contributed by atoms with Crippen molar-refractivity contribution in [3.8, 4) is 0 Å². The van der Waals surface area contributed by atoms with Crippen LogP contribution in [0.1, 0.15) is 47.0 Å². The SMILES string of the molecule is CC[CH-]C[CH+]CC(=O)OC(C)(C)C. The van der Waals surface area contributed by atoms with E-state index in [-0.39, 0.29) is 11.6 Å². The quantitative estimate of drug-likeness (QED) is 0.373. The molecule has 0 rings (SSSR count). The molecular weight excluding hydrogens is 164 g/mol. The lowest BCUT2D eigenvalue weighted by Gasteiger charge is -2.18. The summed E-state index contributed by atoms with van der Waals surface area (Å²) < 4.78 is 5.13. The molecule has 0 aliphatic rings. The van der Waals surface area contributed by atoms with Crippen molar-refractivity contribution in [2.24, 2.45) is 0 Å². The Morgan fingerprint density at radius 3 is 2.54 bits per heavy atom. The van der Waals surface area contributed by atoms with E-state index in [9.17, 15) is 4.79 Å². The number of rotatable bonds is 5. The van der Waals surface area contributed by atoms with E-state index in [0.29, 0.717) is 6.42 Å².